The number of rotatable bonds is 5. The standard InChI is InChI=1S/C11H13Br2N3O/c1-2-15-11(13)7(6-14)10(17)9-8(12)4-3-5-16-9/h3-6,10,14-15,17H,2H2,1H3/b11-7+,14-6?. The van der Waals surface area contributed by atoms with Crippen LogP contribution in [0.1, 0.15) is 18.7 Å². The van der Waals surface area contributed by atoms with Gasteiger partial charge in [-0.2, -0.15) is 0 Å². The number of aromatic nitrogens is 1. The molecule has 4 nitrogen and oxygen atoms in total. The van der Waals surface area contributed by atoms with Crippen LogP contribution in [0.4, 0.5) is 0 Å². The van der Waals surface area contributed by atoms with Gasteiger partial charge in [0.15, 0.2) is 0 Å². The van der Waals surface area contributed by atoms with Crippen LogP contribution in [0.2, 0.25) is 0 Å². The summed E-state index contributed by atoms with van der Waals surface area (Å²) in [5, 5.41) is 20.6. The quantitative estimate of drug-likeness (QED) is 0.557. The number of pyridine rings is 1. The molecule has 92 valence electrons. The van der Waals surface area contributed by atoms with Gasteiger partial charge in [0.2, 0.25) is 0 Å². The maximum atomic E-state index is 10.2. The molecule has 1 atom stereocenters. The minimum absolute atomic E-state index is 0.436. The molecule has 0 radical (unpaired) electrons. The molecule has 0 aliphatic heterocycles. The Morgan fingerprint density at radius 1 is 1.71 bits per heavy atom. The van der Waals surface area contributed by atoms with Gasteiger partial charge in [-0.25, -0.2) is 0 Å². The second-order valence-electron chi connectivity index (χ2n) is 3.22. The highest BCUT2D eigenvalue weighted by Crippen LogP contribution is 2.27. The fourth-order valence-electron chi connectivity index (χ4n) is 1.27. The zero-order valence-corrected chi connectivity index (χ0v) is 12.4. The van der Waals surface area contributed by atoms with Gasteiger partial charge in [0, 0.05) is 29.0 Å². The van der Waals surface area contributed by atoms with Gasteiger partial charge in [-0.15, -0.1) is 0 Å². The van der Waals surface area contributed by atoms with Gasteiger partial charge < -0.3 is 15.8 Å². The third-order valence-corrected chi connectivity index (χ3v) is 3.49. The number of nitrogens with zero attached hydrogens (tertiary/aromatic N) is 1. The topological polar surface area (TPSA) is 69.0 Å². The first-order chi connectivity index (χ1) is 8.11. The Kier molecular flexibility index (Phi) is 5.80. The Balaban J connectivity index is 3.10. The van der Waals surface area contributed by atoms with E-state index in [9.17, 15) is 5.11 Å². The highest BCUT2D eigenvalue weighted by molar-refractivity contribution is 9.11. The lowest BCUT2D eigenvalue weighted by Gasteiger charge is -2.15. The normalized spacial score (nSPS) is 13.9. The van der Waals surface area contributed by atoms with Crippen molar-refractivity contribution < 1.29 is 5.11 Å². The van der Waals surface area contributed by atoms with Crippen molar-refractivity contribution in [3.05, 3.63) is 38.7 Å². The molecule has 0 spiro atoms. The summed E-state index contributed by atoms with van der Waals surface area (Å²) < 4.78 is 1.31. The number of hydrogen-bond donors (Lipinski definition) is 3. The summed E-state index contributed by atoms with van der Waals surface area (Å²) in [6.45, 7) is 2.64. The van der Waals surface area contributed by atoms with Crippen molar-refractivity contribution in [2.24, 2.45) is 0 Å². The third-order valence-electron chi connectivity index (χ3n) is 2.08. The lowest BCUT2D eigenvalue weighted by molar-refractivity contribution is 0.216. The molecular formula is C11H13Br2N3O. The Labute approximate surface area is 117 Å². The summed E-state index contributed by atoms with van der Waals surface area (Å²) in [4.78, 5) is 4.11. The molecule has 1 rings (SSSR count). The van der Waals surface area contributed by atoms with Gasteiger partial charge in [0.05, 0.1) is 10.3 Å². The SMILES string of the molecule is CCN/C(Br)=C(\C=N)C(O)c1ncccc1Br. The maximum Gasteiger partial charge on any atom is 0.126 e. The van der Waals surface area contributed by atoms with E-state index in [1.807, 2.05) is 6.92 Å². The third kappa shape index (κ3) is 3.62. The van der Waals surface area contributed by atoms with Crippen LogP contribution < -0.4 is 5.32 Å². The van der Waals surface area contributed by atoms with Gasteiger partial charge >= 0.3 is 0 Å². The zero-order chi connectivity index (χ0) is 12.8. The molecule has 6 heteroatoms. The zero-order valence-electron chi connectivity index (χ0n) is 9.24. The largest absolute Gasteiger partial charge is 0.382 e. The van der Waals surface area contributed by atoms with Crippen LogP contribution in [0.25, 0.3) is 0 Å². The Hall–Kier alpha value is -0.720. The minimum atomic E-state index is -0.948. The molecular weight excluding hydrogens is 350 g/mol. The molecule has 1 aromatic heterocycles. The van der Waals surface area contributed by atoms with E-state index in [1.165, 1.54) is 0 Å². The van der Waals surface area contributed by atoms with Crippen LogP contribution in [-0.4, -0.2) is 22.8 Å². The molecule has 3 N–H and O–H groups in total. The molecule has 17 heavy (non-hydrogen) atoms. The molecule has 0 amide bonds. The van der Waals surface area contributed by atoms with Crippen molar-refractivity contribution in [3.63, 3.8) is 0 Å². The lowest BCUT2D eigenvalue weighted by atomic mass is 10.1. The van der Waals surface area contributed by atoms with Crippen molar-refractivity contribution in [1.29, 1.82) is 5.41 Å². The highest BCUT2D eigenvalue weighted by atomic mass is 79.9. The second kappa shape index (κ2) is 6.88. The van der Waals surface area contributed by atoms with Crippen molar-refractivity contribution in [2.45, 2.75) is 13.0 Å². The van der Waals surface area contributed by atoms with Gasteiger partial charge in [0.25, 0.3) is 0 Å². The molecule has 1 unspecified atom stereocenters. The first-order valence-corrected chi connectivity index (χ1v) is 6.62. The van der Waals surface area contributed by atoms with Gasteiger partial charge in [-0.3, -0.25) is 4.98 Å². The molecule has 0 saturated heterocycles. The van der Waals surface area contributed by atoms with Gasteiger partial charge in [-0.05, 0) is 50.9 Å². The molecule has 0 bridgehead atoms. The molecule has 1 heterocycles. The minimum Gasteiger partial charge on any atom is -0.382 e. The number of hydrogen-bond acceptors (Lipinski definition) is 4. The molecule has 0 aliphatic carbocycles. The van der Waals surface area contributed by atoms with E-state index in [-0.39, 0.29) is 0 Å². The van der Waals surface area contributed by atoms with E-state index < -0.39 is 6.10 Å². The maximum absolute atomic E-state index is 10.2. The smallest absolute Gasteiger partial charge is 0.126 e. The van der Waals surface area contributed by atoms with E-state index >= 15 is 0 Å². The predicted octanol–water partition coefficient (Wildman–Crippen LogP) is 2.74. The van der Waals surface area contributed by atoms with Crippen molar-refractivity contribution in [3.8, 4) is 0 Å². The van der Waals surface area contributed by atoms with Crippen LogP contribution in [0.15, 0.2) is 33.0 Å². The summed E-state index contributed by atoms with van der Waals surface area (Å²) >= 11 is 6.63. The predicted molar refractivity (Wildman–Crippen MR) is 75.3 cm³/mol. The summed E-state index contributed by atoms with van der Waals surface area (Å²) in [6.07, 6.45) is 1.77. The first kappa shape index (κ1) is 14.3. The van der Waals surface area contributed by atoms with E-state index in [0.29, 0.717) is 26.9 Å². The highest BCUT2D eigenvalue weighted by Gasteiger charge is 2.18. The lowest BCUT2D eigenvalue weighted by Crippen LogP contribution is -2.15. The van der Waals surface area contributed by atoms with Crippen LogP contribution in [0, 0.1) is 5.41 Å². The first-order valence-electron chi connectivity index (χ1n) is 5.04. The Bertz CT molecular complexity index is 434. The van der Waals surface area contributed by atoms with Crippen LogP contribution >= 0.6 is 31.9 Å². The number of aliphatic hydroxyl groups is 1. The van der Waals surface area contributed by atoms with E-state index in [2.05, 4.69) is 42.2 Å². The summed E-state index contributed by atoms with van der Waals surface area (Å²) in [5.74, 6) is 0. The van der Waals surface area contributed by atoms with E-state index in [1.54, 1.807) is 18.3 Å². The van der Waals surface area contributed by atoms with Crippen molar-refractivity contribution in [1.82, 2.24) is 10.3 Å². The molecule has 0 aliphatic rings. The molecule has 0 fully saturated rings. The van der Waals surface area contributed by atoms with Crippen molar-refractivity contribution >= 4 is 38.1 Å². The summed E-state index contributed by atoms with van der Waals surface area (Å²) in [7, 11) is 0. The fraction of sp³-hybridized carbons (Fsp3) is 0.273. The van der Waals surface area contributed by atoms with E-state index in [0.717, 1.165) is 6.21 Å². The molecule has 1 aromatic rings. The van der Waals surface area contributed by atoms with Crippen molar-refractivity contribution in [2.75, 3.05) is 6.54 Å². The van der Waals surface area contributed by atoms with Crippen LogP contribution in [0.3, 0.4) is 0 Å². The average Bonchev–Trinajstić information content (AvgIpc) is 2.30. The van der Waals surface area contributed by atoms with E-state index in [4.69, 9.17) is 5.41 Å². The Morgan fingerprint density at radius 3 is 2.94 bits per heavy atom. The summed E-state index contributed by atoms with van der Waals surface area (Å²) in [5.41, 5.74) is 0.923. The number of aliphatic hydroxyl groups excluding tert-OH is 1. The number of halogens is 2. The molecule has 0 saturated carbocycles. The fourth-order valence-corrected chi connectivity index (χ4v) is 2.35. The summed E-state index contributed by atoms with van der Waals surface area (Å²) in [6, 6.07) is 3.57. The molecule has 0 aromatic carbocycles. The average molecular weight is 363 g/mol. The number of nitrogens with one attached hydrogen (secondary N) is 2. The van der Waals surface area contributed by atoms with Gasteiger partial charge in [-0.1, -0.05) is 0 Å². The second-order valence-corrected chi connectivity index (χ2v) is 4.86. The van der Waals surface area contributed by atoms with Gasteiger partial charge in [0.1, 0.15) is 6.10 Å². The van der Waals surface area contributed by atoms with Crippen LogP contribution in [-0.2, 0) is 0 Å². The van der Waals surface area contributed by atoms with Crippen LogP contribution in [0.5, 0.6) is 0 Å². The Morgan fingerprint density at radius 2 is 2.41 bits per heavy atom. The monoisotopic (exact) mass is 361 g/mol.